The van der Waals surface area contributed by atoms with Gasteiger partial charge in [0.15, 0.2) is 0 Å². The molecule has 1 aromatic rings. The lowest BCUT2D eigenvalue weighted by molar-refractivity contribution is -0.115. The highest BCUT2D eigenvalue weighted by Gasteiger charge is 2.03. The minimum Gasteiger partial charge on any atom is -0.399 e. The van der Waals surface area contributed by atoms with E-state index in [0.717, 1.165) is 0 Å². The van der Waals surface area contributed by atoms with Crippen molar-refractivity contribution < 1.29 is 4.79 Å². The summed E-state index contributed by atoms with van der Waals surface area (Å²) < 4.78 is 0. The van der Waals surface area contributed by atoms with Gasteiger partial charge in [0.1, 0.15) is 0 Å². The van der Waals surface area contributed by atoms with E-state index >= 15 is 0 Å². The van der Waals surface area contributed by atoms with Gasteiger partial charge in [0.05, 0.1) is 10.7 Å². The van der Waals surface area contributed by atoms with Gasteiger partial charge in [-0.15, -0.1) is 6.58 Å². The number of benzene rings is 1. The summed E-state index contributed by atoms with van der Waals surface area (Å²) in [6.07, 6.45) is 1.79. The van der Waals surface area contributed by atoms with Crippen LogP contribution < -0.4 is 11.1 Å². The molecule has 3 N–H and O–H groups in total. The van der Waals surface area contributed by atoms with Crippen LogP contribution in [0.25, 0.3) is 0 Å². The average molecular weight is 211 g/mol. The fourth-order valence-electron chi connectivity index (χ4n) is 0.965. The molecule has 1 rings (SSSR count). The Hall–Kier alpha value is -1.48. The number of rotatable bonds is 3. The number of carbonyl (C=O) groups excluding carboxylic acids is 1. The molecule has 1 aromatic carbocycles. The summed E-state index contributed by atoms with van der Waals surface area (Å²) >= 11 is 5.85. The number of amides is 1. The zero-order chi connectivity index (χ0) is 10.6. The fraction of sp³-hybridized carbons (Fsp3) is 0.100. The van der Waals surface area contributed by atoms with Crippen molar-refractivity contribution in [2.24, 2.45) is 0 Å². The lowest BCUT2D eigenvalue weighted by atomic mass is 10.2. The van der Waals surface area contributed by atoms with Crippen molar-refractivity contribution in [3.8, 4) is 0 Å². The number of nitrogens with two attached hydrogens (primary N) is 1. The van der Waals surface area contributed by atoms with Crippen LogP contribution in [0, 0.1) is 0 Å². The van der Waals surface area contributed by atoms with E-state index in [9.17, 15) is 4.79 Å². The first kappa shape index (κ1) is 10.6. The molecule has 3 nitrogen and oxygen atoms in total. The Labute approximate surface area is 87.6 Å². The number of halogens is 1. The van der Waals surface area contributed by atoms with Gasteiger partial charge >= 0.3 is 0 Å². The largest absolute Gasteiger partial charge is 0.399 e. The van der Waals surface area contributed by atoms with Crippen LogP contribution in [0.2, 0.25) is 5.02 Å². The van der Waals surface area contributed by atoms with Gasteiger partial charge in [-0.3, -0.25) is 4.79 Å². The highest BCUT2D eigenvalue weighted by Crippen LogP contribution is 2.23. The van der Waals surface area contributed by atoms with Crippen molar-refractivity contribution in [3.63, 3.8) is 0 Å². The van der Waals surface area contributed by atoms with Gasteiger partial charge in [-0.1, -0.05) is 17.7 Å². The molecule has 0 aliphatic rings. The summed E-state index contributed by atoms with van der Waals surface area (Å²) in [6.45, 7) is 3.47. The molecule has 0 heterocycles. The number of anilines is 2. The van der Waals surface area contributed by atoms with E-state index in [1.807, 2.05) is 0 Å². The molecule has 0 aliphatic heterocycles. The molecule has 1 amide bonds. The molecule has 0 aliphatic carbocycles. The Morgan fingerprint density at radius 1 is 1.64 bits per heavy atom. The standard InChI is InChI=1S/C10H11ClN2O/c1-2-3-10(14)13-9-5-4-7(12)6-8(9)11/h2,4-6H,1,3,12H2,(H,13,14). The van der Waals surface area contributed by atoms with Gasteiger partial charge in [-0.25, -0.2) is 0 Å². The summed E-state index contributed by atoms with van der Waals surface area (Å²) in [5.74, 6) is -0.147. The number of nitrogen functional groups attached to an aromatic ring is 1. The molecule has 74 valence electrons. The Kier molecular flexibility index (Phi) is 3.54. The average Bonchev–Trinajstić information content (AvgIpc) is 2.10. The van der Waals surface area contributed by atoms with Crippen molar-refractivity contribution in [3.05, 3.63) is 35.9 Å². The molecule has 0 radical (unpaired) electrons. The highest BCUT2D eigenvalue weighted by molar-refractivity contribution is 6.34. The monoisotopic (exact) mass is 210 g/mol. The van der Waals surface area contributed by atoms with Gasteiger partial charge in [0.25, 0.3) is 0 Å². The Bertz CT molecular complexity index is 363. The predicted octanol–water partition coefficient (Wildman–Crippen LogP) is 2.44. The zero-order valence-corrected chi connectivity index (χ0v) is 8.34. The van der Waals surface area contributed by atoms with E-state index in [2.05, 4.69) is 11.9 Å². The first-order valence-corrected chi connectivity index (χ1v) is 4.47. The summed E-state index contributed by atoms with van der Waals surface area (Å²) in [6, 6.07) is 4.93. The highest BCUT2D eigenvalue weighted by atomic mass is 35.5. The minimum absolute atomic E-state index is 0.147. The zero-order valence-electron chi connectivity index (χ0n) is 7.59. The predicted molar refractivity (Wildman–Crippen MR) is 59.3 cm³/mol. The Balaban J connectivity index is 2.76. The minimum atomic E-state index is -0.147. The van der Waals surface area contributed by atoms with E-state index in [1.165, 1.54) is 6.08 Å². The van der Waals surface area contributed by atoms with Crippen LogP contribution in [0.1, 0.15) is 6.42 Å². The lowest BCUT2D eigenvalue weighted by Crippen LogP contribution is -2.10. The summed E-state index contributed by atoms with van der Waals surface area (Å²) in [5, 5.41) is 3.07. The number of hydrogen-bond acceptors (Lipinski definition) is 2. The SMILES string of the molecule is C=CCC(=O)Nc1ccc(N)cc1Cl. The van der Waals surface area contributed by atoms with E-state index in [1.54, 1.807) is 18.2 Å². The van der Waals surface area contributed by atoms with Gasteiger partial charge in [0.2, 0.25) is 5.91 Å². The van der Waals surface area contributed by atoms with Crippen LogP contribution in [0.4, 0.5) is 11.4 Å². The van der Waals surface area contributed by atoms with E-state index in [-0.39, 0.29) is 12.3 Å². The molecule has 0 saturated heterocycles. The topological polar surface area (TPSA) is 55.1 Å². The molecule has 0 unspecified atom stereocenters. The van der Waals surface area contributed by atoms with Crippen molar-refractivity contribution in [1.82, 2.24) is 0 Å². The fourth-order valence-corrected chi connectivity index (χ4v) is 1.20. The van der Waals surface area contributed by atoms with E-state index in [0.29, 0.717) is 16.4 Å². The maximum Gasteiger partial charge on any atom is 0.228 e. The molecule has 0 atom stereocenters. The third-order valence-corrected chi connectivity index (χ3v) is 1.91. The quantitative estimate of drug-likeness (QED) is 0.595. The molecule has 4 heteroatoms. The lowest BCUT2D eigenvalue weighted by Gasteiger charge is -2.06. The number of carbonyl (C=O) groups is 1. The summed E-state index contributed by atoms with van der Waals surface area (Å²) in [5.41, 5.74) is 6.63. The van der Waals surface area contributed by atoms with Crippen LogP contribution in [-0.4, -0.2) is 5.91 Å². The van der Waals surface area contributed by atoms with Crippen LogP contribution in [-0.2, 0) is 4.79 Å². The summed E-state index contributed by atoms with van der Waals surface area (Å²) in [4.78, 5) is 11.2. The molecule has 14 heavy (non-hydrogen) atoms. The Morgan fingerprint density at radius 3 is 2.93 bits per heavy atom. The molecular weight excluding hydrogens is 200 g/mol. The second-order valence-electron chi connectivity index (χ2n) is 2.78. The second-order valence-corrected chi connectivity index (χ2v) is 3.19. The van der Waals surface area contributed by atoms with Crippen molar-refractivity contribution in [2.45, 2.75) is 6.42 Å². The van der Waals surface area contributed by atoms with Crippen LogP contribution in [0.15, 0.2) is 30.9 Å². The molecule has 0 saturated carbocycles. The molecule has 0 aromatic heterocycles. The molecule has 0 spiro atoms. The second kappa shape index (κ2) is 4.67. The maximum atomic E-state index is 11.2. The van der Waals surface area contributed by atoms with Crippen LogP contribution in [0.5, 0.6) is 0 Å². The van der Waals surface area contributed by atoms with Crippen LogP contribution in [0.3, 0.4) is 0 Å². The molecule has 0 bridgehead atoms. The van der Waals surface area contributed by atoms with Crippen molar-refractivity contribution >= 4 is 28.9 Å². The first-order valence-electron chi connectivity index (χ1n) is 4.09. The summed E-state index contributed by atoms with van der Waals surface area (Å²) in [7, 11) is 0. The van der Waals surface area contributed by atoms with Gasteiger partial charge < -0.3 is 11.1 Å². The third-order valence-electron chi connectivity index (χ3n) is 1.60. The molecule has 0 fully saturated rings. The van der Waals surface area contributed by atoms with Gasteiger partial charge in [-0.05, 0) is 18.2 Å². The third kappa shape index (κ3) is 2.78. The van der Waals surface area contributed by atoms with E-state index < -0.39 is 0 Å². The van der Waals surface area contributed by atoms with Gasteiger partial charge in [-0.2, -0.15) is 0 Å². The normalized spacial score (nSPS) is 9.50. The molecular formula is C10H11ClN2O. The smallest absolute Gasteiger partial charge is 0.228 e. The Morgan fingerprint density at radius 2 is 2.36 bits per heavy atom. The number of hydrogen-bond donors (Lipinski definition) is 2. The first-order chi connectivity index (χ1) is 6.63. The van der Waals surface area contributed by atoms with Crippen LogP contribution >= 0.6 is 11.6 Å². The van der Waals surface area contributed by atoms with Crippen molar-refractivity contribution in [2.75, 3.05) is 11.1 Å². The number of nitrogens with one attached hydrogen (secondary N) is 1. The maximum absolute atomic E-state index is 11.2. The van der Waals surface area contributed by atoms with Crippen molar-refractivity contribution in [1.29, 1.82) is 0 Å². The van der Waals surface area contributed by atoms with Gasteiger partial charge in [0, 0.05) is 12.1 Å². The van der Waals surface area contributed by atoms with E-state index in [4.69, 9.17) is 17.3 Å².